The molecule has 0 aromatic heterocycles. The van der Waals surface area contributed by atoms with Gasteiger partial charge in [-0.3, -0.25) is 0 Å². The lowest BCUT2D eigenvalue weighted by Gasteiger charge is -2.06. The smallest absolute Gasteiger partial charge is 0.119 e. The predicted molar refractivity (Wildman–Crippen MR) is 61.7 cm³/mol. The molecule has 0 aliphatic carbocycles. The van der Waals surface area contributed by atoms with E-state index >= 15 is 0 Å². The van der Waals surface area contributed by atoms with Crippen molar-refractivity contribution in [2.24, 2.45) is 0 Å². The first kappa shape index (κ1) is 15.5. The van der Waals surface area contributed by atoms with Crippen LogP contribution in [0.2, 0.25) is 0 Å². The summed E-state index contributed by atoms with van der Waals surface area (Å²) < 4.78 is 5.22. The molecule has 0 bridgehead atoms. The summed E-state index contributed by atoms with van der Waals surface area (Å²) in [6, 6.07) is 9.45. The molecule has 1 unspecified atom stereocenters. The quantitative estimate of drug-likeness (QED) is 0.808. The van der Waals surface area contributed by atoms with Crippen molar-refractivity contribution in [1.29, 1.82) is 0 Å². The zero-order chi connectivity index (χ0) is 10.1. The van der Waals surface area contributed by atoms with Crippen LogP contribution in [0.15, 0.2) is 30.3 Å². The van der Waals surface area contributed by atoms with E-state index in [9.17, 15) is 0 Å². The molecule has 0 amide bonds. The van der Waals surface area contributed by atoms with Gasteiger partial charge in [-0.05, 0) is 19.1 Å². The van der Waals surface area contributed by atoms with Crippen molar-refractivity contribution < 1.29 is 9.84 Å². The van der Waals surface area contributed by atoms with E-state index in [1.54, 1.807) is 6.92 Å². The highest BCUT2D eigenvalue weighted by Crippen LogP contribution is 2.07. The predicted octanol–water partition coefficient (Wildman–Crippen LogP) is 3.11. The third kappa shape index (κ3) is 7.62. The maximum atomic E-state index is 8.89. The molecule has 1 aromatic carbocycles. The molecule has 0 saturated carbocycles. The van der Waals surface area contributed by atoms with Crippen molar-refractivity contribution in [3.05, 3.63) is 30.3 Å². The van der Waals surface area contributed by atoms with Gasteiger partial charge in [0.05, 0.1) is 6.10 Å². The van der Waals surface area contributed by atoms with Crippen molar-refractivity contribution in [3.8, 4) is 5.75 Å². The van der Waals surface area contributed by atoms with Crippen LogP contribution in [0.3, 0.4) is 0 Å². The highest BCUT2D eigenvalue weighted by molar-refractivity contribution is 5.20. The summed E-state index contributed by atoms with van der Waals surface area (Å²) in [7, 11) is 0. The number of ether oxygens (including phenoxy) is 1. The first-order valence-corrected chi connectivity index (χ1v) is 4.65. The lowest BCUT2D eigenvalue weighted by Crippen LogP contribution is -2.12. The Morgan fingerprint density at radius 3 is 2.14 bits per heavy atom. The Morgan fingerprint density at radius 1 is 1.21 bits per heavy atom. The molecule has 0 aliphatic rings. The normalized spacial score (nSPS) is 10.3. The summed E-state index contributed by atoms with van der Waals surface area (Å²) >= 11 is 0. The summed E-state index contributed by atoms with van der Waals surface area (Å²) in [4.78, 5) is 0. The lowest BCUT2D eigenvalue weighted by atomic mass is 10.3. The zero-order valence-electron chi connectivity index (χ0n) is 8.53. The van der Waals surface area contributed by atoms with Gasteiger partial charge in [0.1, 0.15) is 12.4 Å². The second kappa shape index (κ2) is 10.1. The topological polar surface area (TPSA) is 29.5 Å². The van der Waals surface area contributed by atoms with Crippen molar-refractivity contribution >= 4 is 0 Å². The number of aliphatic hydroxyl groups excluding tert-OH is 1. The number of benzene rings is 1. The van der Waals surface area contributed by atoms with Gasteiger partial charge >= 0.3 is 0 Å². The van der Waals surface area contributed by atoms with Gasteiger partial charge in [0.2, 0.25) is 0 Å². The van der Waals surface area contributed by atoms with Crippen LogP contribution in [-0.2, 0) is 0 Å². The molecule has 0 spiro atoms. The zero-order valence-corrected chi connectivity index (χ0v) is 8.53. The van der Waals surface area contributed by atoms with Crippen molar-refractivity contribution in [2.45, 2.75) is 34.3 Å². The van der Waals surface area contributed by atoms with Crippen LogP contribution in [0.1, 0.15) is 28.2 Å². The molecule has 1 rings (SSSR count). The summed E-state index contributed by atoms with van der Waals surface area (Å²) in [6.45, 7) is 6.05. The second-order valence-corrected chi connectivity index (χ2v) is 2.47. The molecule has 0 saturated heterocycles. The first-order chi connectivity index (χ1) is 6.29. The summed E-state index contributed by atoms with van der Waals surface area (Å²) in [5, 5.41) is 8.89. The van der Waals surface area contributed by atoms with Crippen LogP contribution < -0.4 is 4.74 Å². The Morgan fingerprint density at radius 2 is 1.71 bits per heavy atom. The fraction of sp³-hybridized carbons (Fsp3) is 0.500. The second-order valence-electron chi connectivity index (χ2n) is 2.47. The average Bonchev–Trinajstić information content (AvgIpc) is 2.19. The summed E-state index contributed by atoms with van der Waals surface area (Å²) in [6.07, 6.45) is -0.407. The van der Waals surface area contributed by atoms with E-state index in [1.165, 1.54) is 0 Å². The Hall–Kier alpha value is -1.02. The van der Waals surface area contributed by atoms with Gasteiger partial charge in [-0.2, -0.15) is 0 Å². The summed E-state index contributed by atoms with van der Waals surface area (Å²) in [5.74, 6) is 0.799. The highest BCUT2D eigenvalue weighted by atomic mass is 16.5. The number of hydrogen-bond acceptors (Lipinski definition) is 2. The maximum Gasteiger partial charge on any atom is 0.119 e. The molecule has 2 nitrogen and oxygen atoms in total. The minimum Gasteiger partial charge on any atom is -0.491 e. The van der Waals surface area contributed by atoms with Gasteiger partial charge in [-0.15, -0.1) is 0 Å². The number of aliphatic hydroxyl groups is 1. The number of para-hydroxylation sites is 1. The molecule has 1 aromatic rings. The molecule has 14 heavy (non-hydrogen) atoms. The minimum atomic E-state index is -0.407. The van der Waals surface area contributed by atoms with Crippen LogP contribution in [0, 0.1) is 0 Å². The van der Waals surface area contributed by atoms with Crippen LogP contribution in [0.5, 0.6) is 5.75 Å². The third-order valence-corrected chi connectivity index (χ3v) is 1.23. The van der Waals surface area contributed by atoms with E-state index in [4.69, 9.17) is 9.84 Å². The molecule has 0 aliphatic heterocycles. The Labute approximate surface area is 87.5 Å². The van der Waals surface area contributed by atoms with E-state index in [2.05, 4.69) is 0 Å². The number of hydrogen-bond donors (Lipinski definition) is 1. The van der Waals surface area contributed by atoms with Crippen molar-refractivity contribution in [1.82, 2.24) is 0 Å². The van der Waals surface area contributed by atoms with Gasteiger partial charge in [-0.1, -0.05) is 39.5 Å². The molecule has 2 heteroatoms. The lowest BCUT2D eigenvalue weighted by molar-refractivity contribution is 0.123. The van der Waals surface area contributed by atoms with Crippen LogP contribution >= 0.6 is 0 Å². The van der Waals surface area contributed by atoms with Crippen LogP contribution in [0.4, 0.5) is 0 Å². The van der Waals surface area contributed by atoms with Gasteiger partial charge < -0.3 is 9.84 Å². The van der Waals surface area contributed by atoms with E-state index in [1.807, 2.05) is 44.2 Å². The van der Waals surface area contributed by atoms with Gasteiger partial charge in [0.25, 0.3) is 0 Å². The van der Waals surface area contributed by atoms with Crippen LogP contribution in [-0.4, -0.2) is 17.8 Å². The van der Waals surface area contributed by atoms with E-state index in [0.29, 0.717) is 6.61 Å². The molecule has 0 heterocycles. The Kier molecular flexibility index (Phi) is 11.1. The molecule has 1 N–H and O–H groups in total. The minimum absolute atomic E-state index is 0. The monoisotopic (exact) mass is 198 g/mol. The fourth-order valence-electron chi connectivity index (χ4n) is 0.734. The standard InChI is InChI=1S/C9H12O2.C2H6.CH4/c1-8(10)7-11-9-5-3-2-4-6-9;1-2;/h2-6,8,10H,7H2,1H3;1-2H3;1H4. The molecule has 0 fully saturated rings. The van der Waals surface area contributed by atoms with Crippen molar-refractivity contribution in [3.63, 3.8) is 0 Å². The van der Waals surface area contributed by atoms with Gasteiger partial charge in [-0.25, -0.2) is 0 Å². The maximum absolute atomic E-state index is 8.89. The molecular weight excluding hydrogens is 176 g/mol. The molecule has 82 valence electrons. The Balaban J connectivity index is 0. The third-order valence-electron chi connectivity index (χ3n) is 1.23. The highest BCUT2D eigenvalue weighted by Gasteiger charge is 1.95. The molecular formula is C12H22O2. The SMILES string of the molecule is C.CC.CC(O)COc1ccccc1. The van der Waals surface area contributed by atoms with E-state index in [-0.39, 0.29) is 7.43 Å². The molecule has 1 atom stereocenters. The average molecular weight is 198 g/mol. The molecule has 0 radical (unpaired) electrons. The van der Waals surface area contributed by atoms with Gasteiger partial charge in [0.15, 0.2) is 0 Å². The Bertz CT molecular complexity index is 195. The van der Waals surface area contributed by atoms with Crippen molar-refractivity contribution in [2.75, 3.05) is 6.61 Å². The fourth-order valence-corrected chi connectivity index (χ4v) is 0.734. The first-order valence-electron chi connectivity index (χ1n) is 4.65. The summed E-state index contributed by atoms with van der Waals surface area (Å²) in [5.41, 5.74) is 0. The largest absolute Gasteiger partial charge is 0.491 e. The van der Waals surface area contributed by atoms with Gasteiger partial charge in [0, 0.05) is 0 Å². The van der Waals surface area contributed by atoms with E-state index in [0.717, 1.165) is 5.75 Å². The number of rotatable bonds is 3. The van der Waals surface area contributed by atoms with E-state index < -0.39 is 6.10 Å². The van der Waals surface area contributed by atoms with Crippen LogP contribution in [0.25, 0.3) is 0 Å².